The van der Waals surface area contributed by atoms with Crippen LogP contribution in [0.4, 0.5) is 0 Å². The van der Waals surface area contributed by atoms with E-state index < -0.39 is 74.2 Å². The van der Waals surface area contributed by atoms with E-state index in [1.807, 2.05) is 0 Å². The molecule has 0 aromatic rings. The van der Waals surface area contributed by atoms with E-state index in [4.69, 9.17) is 9.47 Å². The zero-order valence-electron chi connectivity index (χ0n) is 36.3. The molecule has 11 heteroatoms. The Kier molecular flexibility index (Phi) is 34.7. The van der Waals surface area contributed by atoms with Gasteiger partial charge in [0.05, 0.1) is 25.4 Å². The van der Waals surface area contributed by atoms with Crippen LogP contribution in [0.5, 0.6) is 0 Å². The molecular weight excluding hydrogens is 727 g/mol. The Morgan fingerprint density at radius 3 is 1.51 bits per heavy atom. The summed E-state index contributed by atoms with van der Waals surface area (Å²) in [6, 6.07) is -1.18. The van der Waals surface area contributed by atoms with E-state index in [1.165, 1.54) is 128 Å². The normalized spacial score (nSPS) is 22.2. The van der Waals surface area contributed by atoms with E-state index in [0.717, 1.165) is 38.5 Å². The fourth-order valence-corrected chi connectivity index (χ4v) is 7.62. The van der Waals surface area contributed by atoms with Crippen molar-refractivity contribution in [3.05, 3.63) is 12.2 Å². The van der Waals surface area contributed by atoms with Crippen molar-refractivity contribution in [1.82, 2.24) is 5.32 Å². The maximum atomic E-state index is 13.1. The predicted molar refractivity (Wildman–Crippen MR) is 229 cm³/mol. The minimum atomic E-state index is -1.66. The lowest BCUT2D eigenvalue weighted by molar-refractivity contribution is -0.303. The first-order chi connectivity index (χ1) is 27.7. The third-order valence-electron chi connectivity index (χ3n) is 11.6. The van der Waals surface area contributed by atoms with Crippen molar-refractivity contribution in [1.29, 1.82) is 0 Å². The summed E-state index contributed by atoms with van der Waals surface area (Å²) in [5, 5.41) is 75.6. The number of hydrogen-bond donors (Lipinski definition) is 8. The van der Waals surface area contributed by atoms with Gasteiger partial charge in [-0.15, -0.1) is 0 Å². The van der Waals surface area contributed by atoms with Crippen LogP contribution in [-0.4, -0.2) is 110 Å². The highest BCUT2D eigenvalue weighted by Gasteiger charge is 2.44. The number of rotatable bonds is 39. The Morgan fingerprint density at radius 1 is 0.596 bits per heavy atom. The van der Waals surface area contributed by atoms with Gasteiger partial charge in [0.2, 0.25) is 5.91 Å². The minimum Gasteiger partial charge on any atom is -0.394 e. The third-order valence-corrected chi connectivity index (χ3v) is 11.6. The minimum absolute atomic E-state index is 0.258. The summed E-state index contributed by atoms with van der Waals surface area (Å²) in [4.78, 5) is 13.1. The SMILES string of the molecule is CCCCCCCCCCCCC/C=C/CCCC(O)C(O)C(COC1OC(CO)C(O)C(O)C1O)NC(=O)C(O)CCCCCCCCCCCCCCCC. The number of ether oxygens (including phenoxy) is 2. The summed E-state index contributed by atoms with van der Waals surface area (Å²) in [5.41, 5.74) is 0. The van der Waals surface area contributed by atoms with Crippen LogP contribution in [0.3, 0.4) is 0 Å². The Balaban J connectivity index is 2.47. The molecule has 338 valence electrons. The molecule has 1 rings (SSSR count). The largest absolute Gasteiger partial charge is 0.394 e. The lowest BCUT2D eigenvalue weighted by Crippen LogP contribution is -2.60. The molecule has 8 N–H and O–H groups in total. The zero-order valence-corrected chi connectivity index (χ0v) is 36.3. The highest BCUT2D eigenvalue weighted by molar-refractivity contribution is 5.80. The van der Waals surface area contributed by atoms with Gasteiger partial charge in [0, 0.05) is 0 Å². The molecule has 1 amide bonds. The highest BCUT2D eigenvalue weighted by atomic mass is 16.7. The Bertz CT molecular complexity index is 939. The van der Waals surface area contributed by atoms with Gasteiger partial charge in [0.25, 0.3) is 0 Å². The van der Waals surface area contributed by atoms with E-state index in [-0.39, 0.29) is 12.8 Å². The van der Waals surface area contributed by atoms with Crippen LogP contribution in [0.25, 0.3) is 0 Å². The topological polar surface area (TPSA) is 189 Å². The van der Waals surface area contributed by atoms with Crippen LogP contribution in [-0.2, 0) is 14.3 Å². The van der Waals surface area contributed by atoms with Gasteiger partial charge in [-0.3, -0.25) is 4.79 Å². The van der Waals surface area contributed by atoms with E-state index in [2.05, 4.69) is 31.3 Å². The van der Waals surface area contributed by atoms with Gasteiger partial charge in [-0.2, -0.15) is 0 Å². The van der Waals surface area contributed by atoms with E-state index in [0.29, 0.717) is 12.8 Å². The zero-order chi connectivity index (χ0) is 41.9. The number of carbonyl (C=O) groups is 1. The maximum absolute atomic E-state index is 13.1. The van der Waals surface area contributed by atoms with Crippen LogP contribution < -0.4 is 5.32 Å². The number of unbranched alkanes of at least 4 members (excludes halogenated alkanes) is 25. The fourth-order valence-electron chi connectivity index (χ4n) is 7.62. The lowest BCUT2D eigenvalue weighted by Gasteiger charge is -2.40. The molecule has 9 unspecified atom stereocenters. The van der Waals surface area contributed by atoms with E-state index >= 15 is 0 Å². The van der Waals surface area contributed by atoms with Crippen LogP contribution in [0.2, 0.25) is 0 Å². The lowest BCUT2D eigenvalue weighted by atomic mass is 9.98. The van der Waals surface area contributed by atoms with E-state index in [1.54, 1.807) is 0 Å². The molecule has 1 saturated heterocycles. The first-order valence-electron chi connectivity index (χ1n) is 23.6. The summed E-state index contributed by atoms with van der Waals surface area (Å²) in [6.45, 7) is 3.43. The molecule has 0 aliphatic carbocycles. The number of aliphatic hydroxyl groups is 7. The molecule has 0 aromatic heterocycles. The number of carbonyl (C=O) groups excluding carboxylic acids is 1. The Labute approximate surface area is 347 Å². The smallest absolute Gasteiger partial charge is 0.249 e. The van der Waals surface area contributed by atoms with Gasteiger partial charge < -0.3 is 50.5 Å². The molecule has 1 fully saturated rings. The standard InChI is InChI=1S/C46H89NO10/c1-3-5-7-9-11-13-15-17-19-20-22-23-25-27-29-31-33-38(49)41(51)37(36-56-46-44(54)43(53)42(52)40(35-48)57-46)47-45(55)39(50)34-32-30-28-26-24-21-18-16-14-12-10-8-6-4-2/h25,27,37-44,46,48-54H,3-24,26,28-36H2,1-2H3,(H,47,55)/b27-25+. The maximum Gasteiger partial charge on any atom is 0.249 e. The second-order valence-electron chi connectivity index (χ2n) is 16.8. The number of nitrogens with one attached hydrogen (secondary N) is 1. The van der Waals surface area contributed by atoms with Crippen molar-refractivity contribution >= 4 is 5.91 Å². The van der Waals surface area contributed by atoms with Gasteiger partial charge in [-0.25, -0.2) is 0 Å². The molecular formula is C46H89NO10. The monoisotopic (exact) mass is 816 g/mol. The average molecular weight is 816 g/mol. The summed E-state index contributed by atoms with van der Waals surface area (Å²) < 4.78 is 11.1. The van der Waals surface area contributed by atoms with Crippen molar-refractivity contribution in [3.8, 4) is 0 Å². The number of allylic oxidation sites excluding steroid dienone is 2. The van der Waals surface area contributed by atoms with Crippen LogP contribution in [0.15, 0.2) is 12.2 Å². The van der Waals surface area contributed by atoms with Crippen molar-refractivity contribution in [2.24, 2.45) is 0 Å². The van der Waals surface area contributed by atoms with Crippen molar-refractivity contribution in [3.63, 3.8) is 0 Å². The van der Waals surface area contributed by atoms with E-state index in [9.17, 15) is 40.5 Å². The Hall–Kier alpha value is -1.15. The molecule has 0 spiro atoms. The molecule has 0 aromatic carbocycles. The van der Waals surface area contributed by atoms with Crippen LogP contribution >= 0.6 is 0 Å². The number of hydrogen-bond acceptors (Lipinski definition) is 10. The van der Waals surface area contributed by atoms with Gasteiger partial charge in [0.15, 0.2) is 6.29 Å². The van der Waals surface area contributed by atoms with Gasteiger partial charge in [-0.05, 0) is 38.5 Å². The van der Waals surface area contributed by atoms with Crippen molar-refractivity contribution in [2.45, 2.75) is 262 Å². The van der Waals surface area contributed by atoms with Gasteiger partial charge >= 0.3 is 0 Å². The van der Waals surface area contributed by atoms with Crippen LogP contribution in [0, 0.1) is 0 Å². The second kappa shape index (κ2) is 36.7. The molecule has 1 aliphatic rings. The summed E-state index contributed by atoms with van der Waals surface area (Å²) in [6.07, 6.45) is 26.9. The quantitative estimate of drug-likeness (QED) is 0.0226. The summed E-state index contributed by atoms with van der Waals surface area (Å²) >= 11 is 0. The average Bonchev–Trinajstić information content (AvgIpc) is 3.21. The van der Waals surface area contributed by atoms with Crippen molar-refractivity contribution in [2.75, 3.05) is 13.2 Å². The fraction of sp³-hybridized carbons (Fsp3) is 0.935. The Morgan fingerprint density at radius 2 is 1.04 bits per heavy atom. The number of amides is 1. The summed E-state index contributed by atoms with van der Waals surface area (Å²) in [5.74, 6) is -0.705. The first kappa shape index (κ1) is 53.9. The predicted octanol–water partition coefficient (Wildman–Crippen LogP) is 7.67. The summed E-state index contributed by atoms with van der Waals surface area (Å²) in [7, 11) is 0. The van der Waals surface area contributed by atoms with Crippen molar-refractivity contribution < 1.29 is 50.0 Å². The molecule has 1 aliphatic heterocycles. The molecule has 57 heavy (non-hydrogen) atoms. The second-order valence-corrected chi connectivity index (χ2v) is 16.8. The van der Waals surface area contributed by atoms with Crippen LogP contribution in [0.1, 0.15) is 206 Å². The molecule has 11 nitrogen and oxygen atoms in total. The molecule has 0 saturated carbocycles. The molecule has 9 atom stereocenters. The van der Waals surface area contributed by atoms with Gasteiger partial charge in [0.1, 0.15) is 36.6 Å². The third kappa shape index (κ3) is 26.6. The highest BCUT2D eigenvalue weighted by Crippen LogP contribution is 2.23. The number of aliphatic hydroxyl groups excluding tert-OH is 7. The first-order valence-corrected chi connectivity index (χ1v) is 23.6. The molecule has 1 heterocycles. The molecule has 0 radical (unpaired) electrons. The molecule has 0 bridgehead atoms. The van der Waals surface area contributed by atoms with Gasteiger partial charge in [-0.1, -0.05) is 180 Å².